The molecule has 0 unspecified atom stereocenters. The second kappa shape index (κ2) is 9.58. The van der Waals surface area contributed by atoms with Crippen LogP contribution in [0.3, 0.4) is 0 Å². The van der Waals surface area contributed by atoms with Gasteiger partial charge in [-0.1, -0.05) is 34.1 Å². The quantitative estimate of drug-likeness (QED) is 0.308. The number of carbonyl (C=O) groups is 1. The number of benzene rings is 2. The summed E-state index contributed by atoms with van der Waals surface area (Å²) in [5.74, 6) is 0.876. The van der Waals surface area contributed by atoms with Crippen LogP contribution < -0.4 is 9.47 Å². The highest BCUT2D eigenvalue weighted by atomic mass is 79.9. The topological polar surface area (TPSA) is 82.7 Å². The fourth-order valence-electron chi connectivity index (χ4n) is 3.45. The van der Waals surface area contributed by atoms with Crippen molar-refractivity contribution in [3.05, 3.63) is 64.3 Å². The lowest BCUT2D eigenvalue weighted by molar-refractivity contribution is 0.0705. The summed E-state index contributed by atoms with van der Waals surface area (Å²) < 4.78 is 22.9. The molecular weight excluding hydrogens is 476 g/mol. The first-order valence-corrected chi connectivity index (χ1v) is 10.9. The van der Waals surface area contributed by atoms with Gasteiger partial charge in [-0.05, 0) is 38.1 Å². The maximum Gasteiger partial charge on any atom is 0.515 e. The molecule has 0 amide bonds. The van der Waals surface area contributed by atoms with Gasteiger partial charge in [-0.3, -0.25) is 0 Å². The molecular formula is C24H23BrN2O5. The van der Waals surface area contributed by atoms with E-state index in [1.165, 1.54) is 0 Å². The molecule has 2 aromatic carbocycles. The minimum atomic E-state index is -0.804. The fourth-order valence-corrected chi connectivity index (χ4v) is 3.85. The molecule has 0 radical (unpaired) electrons. The minimum Gasteiger partial charge on any atom is -0.489 e. The number of H-pyrrole nitrogens is 1. The summed E-state index contributed by atoms with van der Waals surface area (Å²) in [6, 6.07) is 13.8. The van der Waals surface area contributed by atoms with E-state index in [9.17, 15) is 4.79 Å². The number of fused-ring (bicyclic) bond motifs is 3. The van der Waals surface area contributed by atoms with Crippen molar-refractivity contribution in [2.24, 2.45) is 0 Å². The summed E-state index contributed by atoms with van der Waals surface area (Å²) in [6.07, 6.45) is 0.532. The molecule has 2 heterocycles. The second-order valence-corrected chi connectivity index (χ2v) is 8.35. The van der Waals surface area contributed by atoms with Crippen molar-refractivity contribution in [1.82, 2.24) is 9.97 Å². The van der Waals surface area contributed by atoms with E-state index in [0.717, 1.165) is 37.6 Å². The van der Waals surface area contributed by atoms with Crippen LogP contribution in [0, 0.1) is 0 Å². The van der Waals surface area contributed by atoms with E-state index in [-0.39, 0.29) is 18.6 Å². The zero-order valence-corrected chi connectivity index (χ0v) is 19.6. The molecule has 166 valence electrons. The third-order valence-electron chi connectivity index (χ3n) is 4.82. The van der Waals surface area contributed by atoms with Crippen molar-refractivity contribution < 1.29 is 23.7 Å². The van der Waals surface area contributed by atoms with Gasteiger partial charge in [-0.25, -0.2) is 9.78 Å². The first-order valence-electron chi connectivity index (χ1n) is 10.1. The maximum atomic E-state index is 12.1. The smallest absolute Gasteiger partial charge is 0.489 e. The summed E-state index contributed by atoms with van der Waals surface area (Å²) in [5.41, 5.74) is 3.42. The van der Waals surface area contributed by atoms with Gasteiger partial charge in [0.1, 0.15) is 12.4 Å². The Kier molecular flexibility index (Phi) is 6.62. The van der Waals surface area contributed by atoms with Crippen molar-refractivity contribution >= 4 is 43.9 Å². The summed E-state index contributed by atoms with van der Waals surface area (Å²) >= 11 is 3.55. The Labute approximate surface area is 193 Å². The van der Waals surface area contributed by atoms with Crippen LogP contribution in [0.4, 0.5) is 4.79 Å². The lowest BCUT2D eigenvalue weighted by atomic mass is 10.1. The highest BCUT2D eigenvalue weighted by molar-refractivity contribution is 9.10. The first-order chi connectivity index (χ1) is 15.5. The highest BCUT2D eigenvalue weighted by Crippen LogP contribution is 2.35. The van der Waals surface area contributed by atoms with Gasteiger partial charge in [-0.2, -0.15) is 0 Å². The first kappa shape index (κ1) is 22.1. The van der Waals surface area contributed by atoms with Crippen molar-refractivity contribution in [2.75, 3.05) is 7.11 Å². The number of carbonyl (C=O) groups excluding carboxylic acids is 1. The van der Waals surface area contributed by atoms with Gasteiger partial charge in [0, 0.05) is 33.4 Å². The van der Waals surface area contributed by atoms with Gasteiger partial charge >= 0.3 is 6.16 Å². The van der Waals surface area contributed by atoms with E-state index >= 15 is 0 Å². The van der Waals surface area contributed by atoms with Crippen LogP contribution >= 0.6 is 15.9 Å². The Bertz CT molecular complexity index is 1270. The third kappa shape index (κ3) is 4.71. The van der Waals surface area contributed by atoms with Crippen LogP contribution in [0.2, 0.25) is 0 Å². The number of halogens is 1. The normalized spacial score (nSPS) is 11.3. The van der Waals surface area contributed by atoms with E-state index in [0.29, 0.717) is 12.2 Å². The molecule has 0 bridgehead atoms. The molecule has 32 heavy (non-hydrogen) atoms. The van der Waals surface area contributed by atoms with Crippen molar-refractivity contribution in [3.63, 3.8) is 0 Å². The highest BCUT2D eigenvalue weighted by Gasteiger charge is 2.19. The Morgan fingerprint density at radius 1 is 1.12 bits per heavy atom. The molecule has 0 aliphatic rings. The molecule has 7 nitrogen and oxygen atoms in total. The Morgan fingerprint density at radius 2 is 1.94 bits per heavy atom. The van der Waals surface area contributed by atoms with Crippen LogP contribution in [0.5, 0.6) is 11.6 Å². The number of aromatic amines is 1. The molecule has 1 N–H and O–H groups in total. The number of methoxy groups -OCH3 is 1. The lowest BCUT2D eigenvalue weighted by Gasteiger charge is -2.12. The van der Waals surface area contributed by atoms with Gasteiger partial charge in [0.2, 0.25) is 5.88 Å². The largest absolute Gasteiger partial charge is 0.515 e. The van der Waals surface area contributed by atoms with Crippen molar-refractivity contribution in [1.29, 1.82) is 0 Å². The number of ether oxygens (including phenoxy) is 4. The number of nitrogens with zero attached hydrogens (tertiary/aromatic N) is 1. The average molecular weight is 499 g/mol. The molecule has 0 atom stereocenters. The maximum absolute atomic E-state index is 12.1. The Morgan fingerprint density at radius 3 is 2.69 bits per heavy atom. The monoisotopic (exact) mass is 498 g/mol. The van der Waals surface area contributed by atoms with Crippen molar-refractivity contribution in [3.8, 4) is 11.6 Å². The molecule has 0 saturated heterocycles. The van der Waals surface area contributed by atoms with E-state index in [1.54, 1.807) is 27.2 Å². The molecule has 0 saturated carbocycles. The average Bonchev–Trinajstić information content (AvgIpc) is 3.12. The number of aromatic nitrogens is 2. The van der Waals surface area contributed by atoms with Gasteiger partial charge in [0.15, 0.2) is 0 Å². The van der Waals surface area contributed by atoms with E-state index in [4.69, 9.17) is 18.9 Å². The number of hydrogen-bond acceptors (Lipinski definition) is 6. The standard InChI is InChI=1S/C24H23BrN2O5/c1-14(2)31-24(28)32-23-18(13-29-3)22-17-10-16(8-9-20(17)27-21(22)11-26-23)30-12-15-6-4-5-7-19(15)25/h4-11,14,27H,12-13H2,1-3H3. The molecule has 2 aromatic heterocycles. The Balaban J connectivity index is 1.72. The van der Waals surface area contributed by atoms with Gasteiger partial charge < -0.3 is 23.9 Å². The molecule has 4 rings (SSSR count). The number of nitrogens with one attached hydrogen (secondary N) is 1. The minimum absolute atomic E-state index is 0.158. The van der Waals surface area contributed by atoms with Crippen LogP contribution in [-0.4, -0.2) is 29.3 Å². The summed E-state index contributed by atoms with van der Waals surface area (Å²) in [4.78, 5) is 19.7. The zero-order chi connectivity index (χ0) is 22.7. The van der Waals surface area contributed by atoms with E-state index in [1.807, 2.05) is 42.5 Å². The number of pyridine rings is 1. The van der Waals surface area contributed by atoms with Crippen LogP contribution in [0.25, 0.3) is 21.8 Å². The van der Waals surface area contributed by atoms with E-state index in [2.05, 4.69) is 25.9 Å². The van der Waals surface area contributed by atoms with Crippen LogP contribution in [0.1, 0.15) is 25.0 Å². The summed E-state index contributed by atoms with van der Waals surface area (Å²) in [5, 5.41) is 1.77. The van der Waals surface area contributed by atoms with Gasteiger partial charge in [0.25, 0.3) is 0 Å². The SMILES string of the molecule is COCc1c(OC(=O)OC(C)C)ncc2[nH]c3ccc(OCc4ccccc4Br)cc3c12. The fraction of sp³-hybridized carbons (Fsp3) is 0.250. The van der Waals surface area contributed by atoms with Gasteiger partial charge in [-0.15, -0.1) is 0 Å². The number of hydrogen-bond donors (Lipinski definition) is 1. The molecule has 0 aliphatic heterocycles. The molecule has 8 heteroatoms. The lowest BCUT2D eigenvalue weighted by Crippen LogP contribution is -2.17. The molecule has 0 aliphatic carbocycles. The van der Waals surface area contributed by atoms with Crippen LogP contribution in [0.15, 0.2) is 53.1 Å². The van der Waals surface area contributed by atoms with Crippen LogP contribution in [-0.2, 0) is 22.7 Å². The molecule has 0 fully saturated rings. The predicted octanol–water partition coefficient (Wildman–Crippen LogP) is 6.13. The zero-order valence-electron chi connectivity index (χ0n) is 18.0. The number of rotatable bonds is 7. The summed E-state index contributed by atoms with van der Waals surface area (Å²) in [6.45, 7) is 4.15. The second-order valence-electron chi connectivity index (χ2n) is 7.49. The molecule has 4 aromatic rings. The van der Waals surface area contributed by atoms with Crippen molar-refractivity contribution in [2.45, 2.75) is 33.2 Å². The van der Waals surface area contributed by atoms with Gasteiger partial charge in [0.05, 0.1) is 30.0 Å². The predicted molar refractivity (Wildman–Crippen MR) is 125 cm³/mol. The summed E-state index contributed by atoms with van der Waals surface area (Å²) in [7, 11) is 1.58. The third-order valence-corrected chi connectivity index (χ3v) is 5.60. The van der Waals surface area contributed by atoms with E-state index < -0.39 is 6.16 Å². The molecule has 0 spiro atoms. The Hall–Kier alpha value is -3.10.